The molecule has 0 unspecified atom stereocenters. The molecule has 0 atom stereocenters. The first-order valence-electron chi connectivity index (χ1n) is 11.7. The Morgan fingerprint density at radius 2 is 2.11 bits per heavy atom. The van der Waals surface area contributed by atoms with E-state index in [9.17, 15) is 4.79 Å². The second-order valence-electron chi connectivity index (χ2n) is 8.42. The Balaban J connectivity index is 1.60. The van der Waals surface area contributed by atoms with Gasteiger partial charge in [-0.25, -0.2) is 15.0 Å². The van der Waals surface area contributed by atoms with Crippen molar-refractivity contribution in [1.29, 1.82) is 0 Å². The summed E-state index contributed by atoms with van der Waals surface area (Å²) in [6.45, 7) is 5.79. The van der Waals surface area contributed by atoms with Gasteiger partial charge >= 0.3 is 5.95 Å². The summed E-state index contributed by atoms with van der Waals surface area (Å²) in [6.07, 6.45) is 3.44. The highest BCUT2D eigenvalue weighted by atomic mass is 32.1. The Bertz CT molecular complexity index is 1380. The van der Waals surface area contributed by atoms with Gasteiger partial charge in [0.25, 0.3) is 5.91 Å². The van der Waals surface area contributed by atoms with E-state index in [1.807, 2.05) is 24.3 Å². The van der Waals surface area contributed by atoms with E-state index in [1.165, 1.54) is 0 Å². The number of nitrogens with zero attached hydrogens (tertiary/aromatic N) is 4. The second-order valence-corrected chi connectivity index (χ2v) is 9.44. The number of anilines is 2. The molecule has 1 aromatic carbocycles. The van der Waals surface area contributed by atoms with Crippen LogP contribution in [0.15, 0.2) is 36.7 Å². The van der Waals surface area contributed by atoms with Crippen molar-refractivity contribution in [3.63, 3.8) is 0 Å². The lowest BCUT2D eigenvalue weighted by Gasteiger charge is -2.28. The molecule has 0 spiro atoms. The molecule has 186 valence electrons. The predicted octanol–water partition coefficient (Wildman–Crippen LogP) is 2.34. The van der Waals surface area contributed by atoms with Crippen molar-refractivity contribution in [2.75, 3.05) is 57.2 Å². The van der Waals surface area contributed by atoms with Crippen LogP contribution in [0.4, 0.5) is 11.8 Å². The molecule has 1 fully saturated rings. The molecular weight excluding hydrogens is 478 g/mol. The van der Waals surface area contributed by atoms with E-state index in [0.29, 0.717) is 43.7 Å². The number of amides is 1. The maximum atomic E-state index is 12.6. The number of hydrogen-bond donors (Lipinski definition) is 2. The topological polar surface area (TPSA) is 130 Å². The van der Waals surface area contributed by atoms with Crippen molar-refractivity contribution < 1.29 is 19.3 Å². The van der Waals surface area contributed by atoms with Gasteiger partial charge in [-0.05, 0) is 30.2 Å². The lowest BCUT2D eigenvalue weighted by atomic mass is 10.1. The van der Waals surface area contributed by atoms with E-state index in [-0.39, 0.29) is 5.91 Å². The van der Waals surface area contributed by atoms with Crippen LogP contribution in [0.25, 0.3) is 32.0 Å². The van der Waals surface area contributed by atoms with Crippen LogP contribution in [0.3, 0.4) is 0 Å². The summed E-state index contributed by atoms with van der Waals surface area (Å²) >= 11 is 1.64. The summed E-state index contributed by atoms with van der Waals surface area (Å²) in [5.41, 5.74) is 9.98. The molecule has 1 amide bonds. The van der Waals surface area contributed by atoms with Crippen molar-refractivity contribution in [2.45, 2.75) is 6.92 Å². The molecule has 10 nitrogen and oxygen atoms in total. The highest BCUT2D eigenvalue weighted by Crippen LogP contribution is 2.42. The highest BCUT2D eigenvalue weighted by molar-refractivity contribution is 7.23. The zero-order chi connectivity index (χ0) is 25.1. The van der Waals surface area contributed by atoms with E-state index in [1.54, 1.807) is 30.8 Å². The Morgan fingerprint density at radius 1 is 1.28 bits per heavy atom. The summed E-state index contributed by atoms with van der Waals surface area (Å²) in [5, 5.41) is 2.88. The van der Waals surface area contributed by atoms with E-state index in [4.69, 9.17) is 25.2 Å². The van der Waals surface area contributed by atoms with Gasteiger partial charge in [0, 0.05) is 37.2 Å². The number of H-pyrrole nitrogens is 1. The van der Waals surface area contributed by atoms with Gasteiger partial charge in [-0.3, -0.25) is 10.5 Å². The molecule has 36 heavy (non-hydrogen) atoms. The van der Waals surface area contributed by atoms with Gasteiger partial charge in [0.2, 0.25) is 0 Å². The third-order valence-electron chi connectivity index (χ3n) is 6.01. The molecule has 4 N–H and O–H groups in total. The largest absolute Gasteiger partial charge is 0.386 e. The monoisotopic (exact) mass is 506 g/mol. The second kappa shape index (κ2) is 10.5. The van der Waals surface area contributed by atoms with E-state index < -0.39 is 0 Å². The lowest BCUT2D eigenvalue weighted by molar-refractivity contribution is -0.363. The number of morpholine rings is 1. The number of rotatable bonds is 7. The fourth-order valence-corrected chi connectivity index (χ4v) is 5.39. The molecule has 0 aliphatic carbocycles. The minimum absolute atomic E-state index is 0.129. The van der Waals surface area contributed by atoms with Crippen LogP contribution in [0.2, 0.25) is 0 Å². The number of aromatic nitrogens is 4. The van der Waals surface area contributed by atoms with Gasteiger partial charge < -0.3 is 19.7 Å². The fourth-order valence-electron chi connectivity index (χ4n) is 4.12. The number of fused-ring (bicyclic) bond motifs is 1. The number of aromatic amines is 1. The van der Waals surface area contributed by atoms with Gasteiger partial charge in [-0.1, -0.05) is 17.1 Å². The normalized spacial score (nSPS) is 13.8. The third kappa shape index (κ3) is 4.85. The summed E-state index contributed by atoms with van der Waals surface area (Å²) in [5.74, 6) is 1.65. The zero-order valence-corrected chi connectivity index (χ0v) is 21.0. The maximum Gasteiger partial charge on any atom is 0.386 e. The SMILES string of the molecule is COCCNC(=O)c1cccc(-c2sc3c(N4CCOCC4)nc(-c4cnc(N)[nH+]c4)nc3c2C)c1. The average Bonchev–Trinajstić information content (AvgIpc) is 3.25. The first-order valence-corrected chi connectivity index (χ1v) is 12.5. The number of nitrogen functional groups attached to an aromatic ring is 1. The Kier molecular flexibility index (Phi) is 7.03. The average molecular weight is 507 g/mol. The third-order valence-corrected chi connectivity index (χ3v) is 7.34. The molecular formula is C25H28N7O3S+. The minimum Gasteiger partial charge on any atom is -0.383 e. The van der Waals surface area contributed by atoms with Crippen molar-refractivity contribution in [3.8, 4) is 21.8 Å². The number of carbonyl (C=O) groups excluding carboxylic acids is 1. The van der Waals surface area contributed by atoms with Crippen LogP contribution in [0.5, 0.6) is 0 Å². The fraction of sp³-hybridized carbons (Fsp3) is 0.320. The molecule has 0 saturated carbocycles. The maximum absolute atomic E-state index is 12.6. The van der Waals surface area contributed by atoms with E-state index in [0.717, 1.165) is 50.7 Å². The van der Waals surface area contributed by atoms with Crippen LogP contribution in [-0.2, 0) is 9.47 Å². The molecule has 4 aromatic rings. The quantitative estimate of drug-likeness (QED) is 0.366. The first-order chi connectivity index (χ1) is 17.5. The molecule has 4 heterocycles. The molecule has 1 aliphatic heterocycles. The van der Waals surface area contributed by atoms with Crippen molar-refractivity contribution in [2.24, 2.45) is 0 Å². The van der Waals surface area contributed by atoms with Crippen LogP contribution in [-0.4, -0.2) is 67.4 Å². The molecule has 0 bridgehead atoms. The van der Waals surface area contributed by atoms with Gasteiger partial charge in [0.15, 0.2) is 11.6 Å². The van der Waals surface area contributed by atoms with Gasteiger partial charge in [-0.15, -0.1) is 11.3 Å². The minimum atomic E-state index is -0.129. The zero-order valence-electron chi connectivity index (χ0n) is 20.2. The van der Waals surface area contributed by atoms with Crippen LogP contribution in [0, 0.1) is 6.92 Å². The molecule has 1 aliphatic rings. The van der Waals surface area contributed by atoms with Crippen LogP contribution in [0.1, 0.15) is 15.9 Å². The molecule has 5 rings (SSSR count). The number of aryl methyl sites for hydroxylation is 1. The van der Waals surface area contributed by atoms with Crippen molar-refractivity contribution in [3.05, 3.63) is 47.8 Å². The Hall–Kier alpha value is -3.67. The number of ether oxygens (including phenoxy) is 2. The van der Waals surface area contributed by atoms with E-state index >= 15 is 0 Å². The number of thiophene rings is 1. The Labute approximate surface area is 212 Å². The summed E-state index contributed by atoms with van der Waals surface area (Å²) in [4.78, 5) is 32.9. The van der Waals surface area contributed by atoms with Gasteiger partial charge in [0.1, 0.15) is 6.20 Å². The smallest absolute Gasteiger partial charge is 0.383 e. The highest BCUT2D eigenvalue weighted by Gasteiger charge is 2.23. The van der Waals surface area contributed by atoms with E-state index in [2.05, 4.69) is 27.1 Å². The summed E-state index contributed by atoms with van der Waals surface area (Å²) < 4.78 is 11.6. The molecule has 0 radical (unpaired) electrons. The van der Waals surface area contributed by atoms with Crippen molar-refractivity contribution >= 4 is 39.2 Å². The van der Waals surface area contributed by atoms with Crippen molar-refractivity contribution in [1.82, 2.24) is 20.3 Å². The van der Waals surface area contributed by atoms with Gasteiger partial charge in [0.05, 0.1) is 41.8 Å². The summed E-state index contributed by atoms with van der Waals surface area (Å²) in [6, 6.07) is 7.66. The first kappa shape index (κ1) is 24.0. The number of benzene rings is 1. The van der Waals surface area contributed by atoms with Crippen LogP contribution < -0.4 is 20.9 Å². The molecule has 1 saturated heterocycles. The lowest BCUT2D eigenvalue weighted by Crippen LogP contribution is -2.36. The number of nitrogens with two attached hydrogens (primary N) is 1. The predicted molar refractivity (Wildman–Crippen MR) is 139 cm³/mol. The number of methoxy groups -OCH3 is 1. The number of hydrogen-bond acceptors (Lipinski definition) is 9. The Morgan fingerprint density at radius 3 is 2.86 bits per heavy atom. The number of carbonyl (C=O) groups is 1. The molecule has 11 heteroatoms. The standard InChI is InChI=1S/C25H27N7O3S/c1-15-19-21(36-20(15)16-4-3-5-17(12-16)24(33)27-6-9-34-2)23(32-7-10-35-11-8-32)31-22(30-19)18-13-28-25(26)29-14-18/h3-5,12-14H,6-11H2,1-2H3,(H,27,33)(H2,26,28,29)/p+1. The molecule has 3 aromatic heterocycles. The number of nitrogens with one attached hydrogen (secondary N) is 2. The van der Waals surface area contributed by atoms with Gasteiger partial charge in [-0.2, -0.15) is 0 Å². The van der Waals surface area contributed by atoms with Crippen LogP contribution >= 0.6 is 11.3 Å². The summed E-state index contributed by atoms with van der Waals surface area (Å²) in [7, 11) is 1.61.